The summed E-state index contributed by atoms with van der Waals surface area (Å²) in [6.45, 7) is 12.5. The Hall–Kier alpha value is 0.690. The first-order valence-electron chi connectivity index (χ1n) is 9.50. The van der Waals surface area contributed by atoms with Gasteiger partial charge in [-0.1, -0.05) is 57.2 Å². The predicted octanol–water partition coefficient (Wildman–Crippen LogP) is 5.69. The molecule has 1 N–H and O–H groups in total. The monoisotopic (exact) mass is 418 g/mol. The van der Waals surface area contributed by atoms with Crippen LogP contribution in [0.5, 0.6) is 0 Å². The van der Waals surface area contributed by atoms with Crippen molar-refractivity contribution in [3.05, 3.63) is 0 Å². The quantitative estimate of drug-likeness (QED) is 0.396. The first kappa shape index (κ1) is 17.5. The van der Waals surface area contributed by atoms with Crippen molar-refractivity contribution < 1.29 is 5.11 Å². The lowest BCUT2D eigenvalue weighted by molar-refractivity contribution is -0.118. The van der Waals surface area contributed by atoms with Crippen LogP contribution in [0.4, 0.5) is 0 Å². The van der Waals surface area contributed by atoms with Crippen molar-refractivity contribution in [3.63, 3.8) is 0 Å². The molecule has 3 saturated carbocycles. The molecule has 0 aromatic carbocycles. The maximum absolute atomic E-state index is 10.8. The highest BCUT2D eigenvalue weighted by Gasteiger charge is 2.55. The van der Waals surface area contributed by atoms with Crippen LogP contribution >= 0.6 is 22.6 Å². The van der Waals surface area contributed by atoms with Gasteiger partial charge in [0.05, 0.1) is 6.10 Å². The third kappa shape index (κ3) is 2.59. The van der Waals surface area contributed by atoms with E-state index in [-0.39, 0.29) is 11.5 Å². The van der Waals surface area contributed by atoms with E-state index in [0.717, 1.165) is 34.0 Å². The van der Waals surface area contributed by atoms with Gasteiger partial charge in [-0.05, 0) is 78.9 Å². The minimum Gasteiger partial charge on any atom is -0.393 e. The molecule has 8 atom stereocenters. The zero-order chi connectivity index (χ0) is 16.3. The second-order valence-electron chi connectivity index (χ2n) is 9.72. The fraction of sp³-hybridized carbons (Fsp3) is 1.00. The van der Waals surface area contributed by atoms with Gasteiger partial charge in [0, 0.05) is 3.92 Å². The SMILES string of the molecule is C[C@@H]1CCC(O)[C@@]2(C)CC[C@H]3[C@H](C)CC(I)[C@@H](C[C@H]12)C3(C)C. The first-order chi connectivity index (χ1) is 10.2. The largest absolute Gasteiger partial charge is 0.393 e. The minimum absolute atomic E-state index is 0.0707. The molecule has 0 aromatic heterocycles. The Kier molecular flexibility index (Phi) is 4.69. The van der Waals surface area contributed by atoms with Gasteiger partial charge in [0.15, 0.2) is 0 Å². The molecule has 3 aliphatic carbocycles. The minimum atomic E-state index is -0.0707. The lowest BCUT2D eigenvalue weighted by Crippen LogP contribution is -2.54. The van der Waals surface area contributed by atoms with Crippen molar-refractivity contribution in [1.82, 2.24) is 0 Å². The summed E-state index contributed by atoms with van der Waals surface area (Å²) in [4.78, 5) is 0. The molecule has 2 unspecified atom stereocenters. The second-order valence-corrected chi connectivity index (χ2v) is 11.3. The molecular weight excluding hydrogens is 383 g/mol. The fourth-order valence-electron chi connectivity index (χ4n) is 6.71. The van der Waals surface area contributed by atoms with Gasteiger partial charge in [0.1, 0.15) is 0 Å². The molecule has 0 radical (unpaired) electrons. The van der Waals surface area contributed by atoms with E-state index < -0.39 is 0 Å². The number of hydrogen-bond donors (Lipinski definition) is 1. The molecule has 128 valence electrons. The van der Waals surface area contributed by atoms with Crippen LogP contribution < -0.4 is 0 Å². The van der Waals surface area contributed by atoms with Crippen molar-refractivity contribution >= 4 is 22.6 Å². The van der Waals surface area contributed by atoms with Crippen LogP contribution in [0.15, 0.2) is 0 Å². The van der Waals surface area contributed by atoms with Crippen molar-refractivity contribution in [2.45, 2.75) is 83.2 Å². The Bertz CT molecular complexity index is 420. The van der Waals surface area contributed by atoms with Gasteiger partial charge < -0.3 is 5.11 Å². The van der Waals surface area contributed by atoms with Crippen LogP contribution in [0, 0.1) is 40.4 Å². The molecule has 0 saturated heterocycles. The molecule has 0 spiro atoms. The van der Waals surface area contributed by atoms with Gasteiger partial charge in [0.25, 0.3) is 0 Å². The van der Waals surface area contributed by atoms with Crippen LogP contribution in [0.1, 0.15) is 73.1 Å². The predicted molar refractivity (Wildman–Crippen MR) is 102 cm³/mol. The van der Waals surface area contributed by atoms with E-state index in [1.807, 2.05) is 0 Å². The number of hydrogen-bond acceptors (Lipinski definition) is 1. The zero-order valence-corrected chi connectivity index (χ0v) is 17.3. The van der Waals surface area contributed by atoms with Gasteiger partial charge in [-0.25, -0.2) is 0 Å². The summed E-state index contributed by atoms with van der Waals surface area (Å²) >= 11 is 2.75. The molecule has 3 rings (SSSR count). The summed E-state index contributed by atoms with van der Waals surface area (Å²) in [5.41, 5.74) is 0.630. The fourth-order valence-corrected chi connectivity index (χ4v) is 8.73. The summed E-state index contributed by atoms with van der Waals surface area (Å²) in [6.07, 6.45) is 7.48. The Balaban J connectivity index is 1.98. The van der Waals surface area contributed by atoms with Crippen molar-refractivity contribution in [2.24, 2.45) is 40.4 Å². The Morgan fingerprint density at radius 2 is 1.55 bits per heavy atom. The second kappa shape index (κ2) is 5.89. The number of aliphatic hydroxyl groups is 1. The van der Waals surface area contributed by atoms with E-state index in [1.165, 1.54) is 32.1 Å². The molecule has 2 heteroatoms. The number of aliphatic hydroxyl groups excluding tert-OH is 1. The van der Waals surface area contributed by atoms with Crippen molar-refractivity contribution in [1.29, 1.82) is 0 Å². The maximum atomic E-state index is 10.8. The van der Waals surface area contributed by atoms with Gasteiger partial charge in [-0.15, -0.1) is 0 Å². The molecule has 0 aromatic rings. The summed E-state index contributed by atoms with van der Waals surface area (Å²) in [5.74, 6) is 4.00. The molecule has 0 amide bonds. The molecule has 1 nitrogen and oxygen atoms in total. The van der Waals surface area contributed by atoms with Gasteiger partial charge in [-0.3, -0.25) is 0 Å². The first-order valence-corrected chi connectivity index (χ1v) is 10.7. The molecule has 0 heterocycles. The molecule has 2 bridgehead atoms. The Morgan fingerprint density at radius 1 is 0.864 bits per heavy atom. The van der Waals surface area contributed by atoms with Crippen molar-refractivity contribution in [2.75, 3.05) is 0 Å². The van der Waals surface area contributed by atoms with Gasteiger partial charge in [0.2, 0.25) is 0 Å². The van der Waals surface area contributed by atoms with Crippen LogP contribution in [-0.2, 0) is 0 Å². The average molecular weight is 418 g/mol. The maximum Gasteiger partial charge on any atom is 0.0596 e. The van der Waals surface area contributed by atoms with Crippen LogP contribution in [0.2, 0.25) is 0 Å². The zero-order valence-electron chi connectivity index (χ0n) is 15.1. The molecule has 3 aliphatic rings. The summed E-state index contributed by atoms with van der Waals surface area (Å²) < 4.78 is 0.812. The van der Waals surface area contributed by atoms with E-state index in [4.69, 9.17) is 0 Å². The van der Waals surface area contributed by atoms with E-state index in [2.05, 4.69) is 57.2 Å². The highest BCUT2D eigenvalue weighted by molar-refractivity contribution is 14.1. The number of alkyl halides is 1. The summed E-state index contributed by atoms with van der Waals surface area (Å²) in [7, 11) is 0. The standard InChI is InChI=1S/C20H35IO/c1-12-6-7-18(22)20(5)9-8-14-13(2)10-17(21)16(11-15(12)20)19(14,3)4/h12-18,22H,6-11H2,1-5H3/t12-,13-,14+,15-,16-,17?,18?,20+/m1/s1. The van der Waals surface area contributed by atoms with Crippen molar-refractivity contribution in [3.8, 4) is 0 Å². The number of halogens is 1. The van der Waals surface area contributed by atoms with E-state index in [1.54, 1.807) is 0 Å². The van der Waals surface area contributed by atoms with E-state index in [9.17, 15) is 5.11 Å². The van der Waals surface area contributed by atoms with E-state index in [0.29, 0.717) is 11.3 Å². The average Bonchev–Trinajstić information content (AvgIpc) is 2.40. The molecule has 3 fully saturated rings. The van der Waals surface area contributed by atoms with Gasteiger partial charge in [-0.2, -0.15) is 0 Å². The van der Waals surface area contributed by atoms with E-state index >= 15 is 0 Å². The lowest BCUT2D eigenvalue weighted by Gasteiger charge is -2.59. The number of fused-ring (bicyclic) bond motifs is 3. The smallest absolute Gasteiger partial charge is 0.0596 e. The van der Waals surface area contributed by atoms with Crippen LogP contribution in [-0.4, -0.2) is 15.1 Å². The lowest BCUT2D eigenvalue weighted by atomic mass is 9.48. The Labute approximate surface area is 151 Å². The molecule has 22 heavy (non-hydrogen) atoms. The van der Waals surface area contributed by atoms with Gasteiger partial charge >= 0.3 is 0 Å². The summed E-state index contributed by atoms with van der Waals surface area (Å²) in [5, 5.41) is 10.8. The normalized spacial score (nSPS) is 55.0. The molecular formula is C20H35IO. The highest BCUT2D eigenvalue weighted by Crippen LogP contribution is 2.61. The highest BCUT2D eigenvalue weighted by atomic mass is 127. The third-order valence-corrected chi connectivity index (χ3v) is 9.70. The molecule has 0 aliphatic heterocycles. The Morgan fingerprint density at radius 3 is 2.23 bits per heavy atom. The van der Waals surface area contributed by atoms with Crippen LogP contribution in [0.25, 0.3) is 0 Å². The third-order valence-electron chi connectivity index (χ3n) is 8.32. The van der Waals surface area contributed by atoms with Crippen LogP contribution in [0.3, 0.4) is 0 Å². The summed E-state index contributed by atoms with van der Waals surface area (Å²) in [6, 6.07) is 0. The topological polar surface area (TPSA) is 20.2 Å². The number of rotatable bonds is 0.